The lowest BCUT2D eigenvalue weighted by molar-refractivity contribution is 0.150. The Labute approximate surface area is 119 Å². The van der Waals surface area contributed by atoms with Gasteiger partial charge in [-0.1, -0.05) is 38.1 Å². The van der Waals surface area contributed by atoms with Crippen molar-refractivity contribution in [1.82, 2.24) is 4.90 Å². The standard InChI is InChI=1S/C15H21N3O2/c1-10(2)11-4-6-12(7-5-11)13-14(16)17-15(19)18(13)8-9-20-3/h4-7,10,13H,8-9H2,1-3H3,(H2,16,17,19). The molecule has 1 aliphatic rings. The number of nitrogens with zero attached hydrogens (tertiary/aromatic N) is 2. The van der Waals surface area contributed by atoms with Gasteiger partial charge < -0.3 is 15.4 Å². The van der Waals surface area contributed by atoms with Gasteiger partial charge in [-0.15, -0.1) is 0 Å². The second kappa shape index (κ2) is 6.05. The zero-order chi connectivity index (χ0) is 14.7. The summed E-state index contributed by atoms with van der Waals surface area (Å²) >= 11 is 0. The third kappa shape index (κ3) is 2.82. The molecule has 0 bridgehead atoms. The zero-order valence-electron chi connectivity index (χ0n) is 12.2. The first-order chi connectivity index (χ1) is 9.54. The van der Waals surface area contributed by atoms with Crippen molar-refractivity contribution in [3.05, 3.63) is 35.4 Å². The molecule has 5 nitrogen and oxygen atoms in total. The van der Waals surface area contributed by atoms with E-state index in [-0.39, 0.29) is 12.1 Å². The largest absolute Gasteiger partial charge is 0.385 e. The SMILES string of the molecule is COCCN1C(=O)N=C(N)C1c1ccc(C(C)C)cc1. The fourth-order valence-electron chi connectivity index (χ4n) is 2.33. The van der Waals surface area contributed by atoms with E-state index >= 15 is 0 Å². The molecule has 0 saturated carbocycles. The highest BCUT2D eigenvalue weighted by molar-refractivity contribution is 6.03. The van der Waals surface area contributed by atoms with E-state index in [1.54, 1.807) is 12.0 Å². The molecule has 1 unspecified atom stereocenters. The van der Waals surface area contributed by atoms with Crippen LogP contribution in [0.1, 0.15) is 36.9 Å². The molecule has 1 atom stereocenters. The summed E-state index contributed by atoms with van der Waals surface area (Å²) in [6, 6.07) is 7.60. The lowest BCUT2D eigenvalue weighted by atomic mass is 9.98. The molecule has 1 heterocycles. The van der Waals surface area contributed by atoms with Crippen molar-refractivity contribution in [1.29, 1.82) is 0 Å². The van der Waals surface area contributed by atoms with Crippen molar-refractivity contribution < 1.29 is 9.53 Å². The molecule has 1 aromatic carbocycles. The summed E-state index contributed by atoms with van der Waals surface area (Å²) in [5.41, 5.74) is 8.15. The van der Waals surface area contributed by atoms with Gasteiger partial charge in [0.05, 0.1) is 6.61 Å². The normalized spacial score (nSPS) is 18.8. The van der Waals surface area contributed by atoms with Gasteiger partial charge in [0.2, 0.25) is 0 Å². The molecular weight excluding hydrogens is 254 g/mol. The summed E-state index contributed by atoms with van der Waals surface area (Å²) in [5.74, 6) is 0.827. The number of methoxy groups -OCH3 is 1. The van der Waals surface area contributed by atoms with Crippen LogP contribution < -0.4 is 5.73 Å². The number of urea groups is 1. The Bertz CT molecular complexity index is 508. The van der Waals surface area contributed by atoms with Gasteiger partial charge >= 0.3 is 6.03 Å². The summed E-state index contributed by atoms with van der Waals surface area (Å²) in [5, 5.41) is 0. The number of rotatable bonds is 5. The Morgan fingerprint density at radius 2 is 2.00 bits per heavy atom. The van der Waals surface area contributed by atoms with Crippen LogP contribution in [0, 0.1) is 0 Å². The molecule has 20 heavy (non-hydrogen) atoms. The molecule has 0 saturated heterocycles. The fourth-order valence-corrected chi connectivity index (χ4v) is 2.33. The highest BCUT2D eigenvalue weighted by atomic mass is 16.5. The van der Waals surface area contributed by atoms with Crippen molar-refractivity contribution in [3.63, 3.8) is 0 Å². The van der Waals surface area contributed by atoms with Gasteiger partial charge in [0, 0.05) is 13.7 Å². The Balaban J connectivity index is 2.23. The molecule has 108 valence electrons. The Morgan fingerprint density at radius 3 is 2.55 bits per heavy atom. The smallest absolute Gasteiger partial charge is 0.346 e. The number of amides is 2. The van der Waals surface area contributed by atoms with Crippen LogP contribution in [-0.4, -0.2) is 37.0 Å². The van der Waals surface area contributed by atoms with Crippen LogP contribution in [0.4, 0.5) is 4.79 Å². The van der Waals surface area contributed by atoms with Gasteiger partial charge in [-0.05, 0) is 17.0 Å². The summed E-state index contributed by atoms with van der Waals surface area (Å²) in [4.78, 5) is 17.4. The Morgan fingerprint density at radius 1 is 1.35 bits per heavy atom. The topological polar surface area (TPSA) is 67.9 Å². The molecule has 2 rings (SSSR count). The number of nitrogens with two attached hydrogens (primary N) is 1. The summed E-state index contributed by atoms with van der Waals surface area (Å²) in [6.07, 6.45) is 0. The molecule has 0 aromatic heterocycles. The predicted molar refractivity (Wildman–Crippen MR) is 78.9 cm³/mol. The fraction of sp³-hybridized carbons (Fsp3) is 0.467. The summed E-state index contributed by atoms with van der Waals surface area (Å²) in [6.45, 7) is 5.24. The average molecular weight is 275 g/mol. The zero-order valence-corrected chi connectivity index (χ0v) is 12.2. The molecule has 0 fully saturated rings. The second-order valence-electron chi connectivity index (χ2n) is 5.23. The minimum atomic E-state index is -0.294. The van der Waals surface area contributed by atoms with Crippen LogP contribution in [0.15, 0.2) is 29.3 Å². The third-order valence-electron chi connectivity index (χ3n) is 3.52. The van der Waals surface area contributed by atoms with E-state index in [1.807, 2.05) is 12.1 Å². The van der Waals surface area contributed by atoms with Gasteiger partial charge in [-0.3, -0.25) is 0 Å². The third-order valence-corrected chi connectivity index (χ3v) is 3.52. The minimum Gasteiger partial charge on any atom is -0.385 e. The maximum atomic E-state index is 11.9. The number of aliphatic imine (C=N–C) groups is 1. The summed E-state index contributed by atoms with van der Waals surface area (Å²) < 4.78 is 5.04. The van der Waals surface area contributed by atoms with Crippen LogP contribution in [0.25, 0.3) is 0 Å². The lowest BCUT2D eigenvalue weighted by Gasteiger charge is -2.24. The van der Waals surface area contributed by atoms with E-state index in [0.29, 0.717) is 24.9 Å². The van der Waals surface area contributed by atoms with E-state index in [1.165, 1.54) is 5.56 Å². The molecular formula is C15H21N3O2. The molecule has 5 heteroatoms. The number of amidine groups is 1. The predicted octanol–water partition coefficient (Wildman–Crippen LogP) is 2.29. The minimum absolute atomic E-state index is 0.279. The van der Waals surface area contributed by atoms with Crippen LogP contribution in [0.3, 0.4) is 0 Å². The van der Waals surface area contributed by atoms with E-state index in [2.05, 4.69) is 31.0 Å². The highest BCUT2D eigenvalue weighted by Crippen LogP contribution is 2.27. The van der Waals surface area contributed by atoms with E-state index in [9.17, 15) is 4.79 Å². The number of carbonyl (C=O) groups is 1. The quantitative estimate of drug-likeness (QED) is 0.896. The Hall–Kier alpha value is -1.88. The molecule has 0 radical (unpaired) electrons. The van der Waals surface area contributed by atoms with E-state index < -0.39 is 0 Å². The second-order valence-corrected chi connectivity index (χ2v) is 5.23. The molecule has 2 amide bonds. The maximum Gasteiger partial charge on any atom is 0.346 e. The average Bonchev–Trinajstić information content (AvgIpc) is 2.70. The number of hydrogen-bond acceptors (Lipinski definition) is 3. The van der Waals surface area contributed by atoms with Gasteiger partial charge in [-0.2, -0.15) is 4.99 Å². The first kappa shape index (κ1) is 14.5. The molecule has 0 aliphatic carbocycles. The van der Waals surface area contributed by atoms with Crippen molar-refractivity contribution in [2.45, 2.75) is 25.8 Å². The van der Waals surface area contributed by atoms with E-state index in [0.717, 1.165) is 5.56 Å². The maximum absolute atomic E-state index is 11.9. The molecule has 1 aliphatic heterocycles. The first-order valence-corrected chi connectivity index (χ1v) is 6.78. The van der Waals surface area contributed by atoms with Gasteiger partial charge in [-0.25, -0.2) is 4.79 Å². The molecule has 0 spiro atoms. The van der Waals surface area contributed by atoms with Crippen LogP contribution in [0.5, 0.6) is 0 Å². The Kier molecular flexibility index (Phi) is 4.39. The van der Waals surface area contributed by atoms with E-state index in [4.69, 9.17) is 10.5 Å². The number of carbonyl (C=O) groups excluding carboxylic acids is 1. The lowest BCUT2D eigenvalue weighted by Crippen LogP contribution is -2.35. The van der Waals surface area contributed by atoms with Crippen LogP contribution in [-0.2, 0) is 4.74 Å². The van der Waals surface area contributed by atoms with Crippen molar-refractivity contribution in [2.75, 3.05) is 20.3 Å². The number of ether oxygens (including phenoxy) is 1. The highest BCUT2D eigenvalue weighted by Gasteiger charge is 2.34. The molecule has 1 aromatic rings. The van der Waals surface area contributed by atoms with Crippen molar-refractivity contribution in [3.8, 4) is 0 Å². The molecule has 2 N–H and O–H groups in total. The van der Waals surface area contributed by atoms with Gasteiger partial charge in [0.25, 0.3) is 0 Å². The monoisotopic (exact) mass is 275 g/mol. The van der Waals surface area contributed by atoms with Gasteiger partial charge in [0.15, 0.2) is 0 Å². The number of benzene rings is 1. The van der Waals surface area contributed by atoms with Crippen LogP contribution in [0.2, 0.25) is 0 Å². The van der Waals surface area contributed by atoms with Crippen molar-refractivity contribution >= 4 is 11.9 Å². The first-order valence-electron chi connectivity index (χ1n) is 6.78. The van der Waals surface area contributed by atoms with Crippen LogP contribution >= 0.6 is 0 Å². The van der Waals surface area contributed by atoms with Crippen molar-refractivity contribution in [2.24, 2.45) is 10.7 Å². The van der Waals surface area contributed by atoms with Gasteiger partial charge in [0.1, 0.15) is 11.9 Å². The number of hydrogen-bond donors (Lipinski definition) is 1. The summed E-state index contributed by atoms with van der Waals surface area (Å²) in [7, 11) is 1.61.